The van der Waals surface area contributed by atoms with Gasteiger partial charge in [0.05, 0.1) is 6.04 Å². The zero-order valence-electron chi connectivity index (χ0n) is 6.66. The summed E-state index contributed by atoms with van der Waals surface area (Å²) < 4.78 is 0. The molecule has 0 spiro atoms. The molecule has 0 aliphatic carbocycles. The molecule has 60 valence electrons. The van der Waals surface area contributed by atoms with Gasteiger partial charge in [-0.25, -0.2) is 4.79 Å². The van der Waals surface area contributed by atoms with Crippen LogP contribution in [0.2, 0.25) is 0 Å². The van der Waals surface area contributed by atoms with Crippen LogP contribution in [-0.4, -0.2) is 22.8 Å². The third-order valence-corrected chi connectivity index (χ3v) is 1.60. The molecule has 0 radical (unpaired) electrons. The number of nitrogens with zero attached hydrogens (tertiary/aromatic N) is 1. The fourth-order valence-corrected chi connectivity index (χ4v) is 1.21. The molecule has 0 aromatic carbocycles. The molecule has 1 heterocycles. The summed E-state index contributed by atoms with van der Waals surface area (Å²) in [5, 5.41) is 8.65. The molecule has 1 rings (SSSR count). The smallest absolute Gasteiger partial charge is 0.331 e. The maximum Gasteiger partial charge on any atom is 0.331 e. The minimum Gasteiger partial charge on any atom is -0.478 e. The minimum atomic E-state index is -0.828. The van der Waals surface area contributed by atoms with Gasteiger partial charge in [0.2, 0.25) is 0 Å². The lowest BCUT2D eigenvalue weighted by Crippen LogP contribution is -2.14. The molecule has 1 aliphatic heterocycles. The number of hydrogen-bond donors (Lipinski definition) is 1. The normalized spacial score (nSPS) is 24.0. The highest BCUT2D eigenvalue weighted by atomic mass is 16.4. The second-order valence-electron chi connectivity index (χ2n) is 2.80. The lowest BCUT2D eigenvalue weighted by atomic mass is 10.0. The van der Waals surface area contributed by atoms with Crippen LogP contribution in [0.4, 0.5) is 0 Å². The third kappa shape index (κ3) is 1.90. The van der Waals surface area contributed by atoms with Gasteiger partial charge >= 0.3 is 5.97 Å². The molecule has 0 amide bonds. The van der Waals surface area contributed by atoms with Crippen LogP contribution in [0, 0.1) is 0 Å². The Bertz CT molecular complexity index is 240. The van der Waals surface area contributed by atoms with Crippen LogP contribution in [0.25, 0.3) is 0 Å². The Balaban J connectivity index is 2.84. The van der Waals surface area contributed by atoms with Crippen molar-refractivity contribution < 1.29 is 9.90 Å². The number of aliphatic imine (C=N–C) groups is 1. The first-order valence-electron chi connectivity index (χ1n) is 3.58. The molecule has 0 saturated carbocycles. The average molecular weight is 153 g/mol. The van der Waals surface area contributed by atoms with E-state index < -0.39 is 5.97 Å². The first kappa shape index (κ1) is 7.98. The van der Waals surface area contributed by atoms with E-state index in [1.54, 1.807) is 6.08 Å². The molecule has 1 aliphatic rings. The lowest BCUT2D eigenvalue weighted by molar-refractivity contribution is -0.132. The standard InChI is InChI=1S/C8H11NO2/c1-5-3-7(8(10)11)4-6(2)9-5/h3,6H,4H2,1-2H3,(H,10,11). The van der Waals surface area contributed by atoms with E-state index >= 15 is 0 Å². The number of allylic oxidation sites excluding steroid dienone is 1. The summed E-state index contributed by atoms with van der Waals surface area (Å²) in [6.45, 7) is 3.73. The molecule has 11 heavy (non-hydrogen) atoms. The van der Waals surface area contributed by atoms with Gasteiger partial charge in [0, 0.05) is 17.7 Å². The predicted molar refractivity (Wildman–Crippen MR) is 42.9 cm³/mol. The van der Waals surface area contributed by atoms with Crippen molar-refractivity contribution >= 4 is 11.7 Å². The Morgan fingerprint density at radius 3 is 2.91 bits per heavy atom. The highest BCUT2D eigenvalue weighted by Crippen LogP contribution is 2.14. The summed E-state index contributed by atoms with van der Waals surface area (Å²) in [6.07, 6.45) is 2.18. The Kier molecular flexibility index (Phi) is 2.08. The van der Waals surface area contributed by atoms with Gasteiger partial charge in [0.1, 0.15) is 0 Å². The van der Waals surface area contributed by atoms with E-state index in [0.29, 0.717) is 12.0 Å². The van der Waals surface area contributed by atoms with Crippen molar-refractivity contribution in [2.45, 2.75) is 26.3 Å². The van der Waals surface area contributed by atoms with Crippen molar-refractivity contribution in [1.29, 1.82) is 0 Å². The Morgan fingerprint density at radius 2 is 2.45 bits per heavy atom. The SMILES string of the molecule is CC1=NC(C)CC(C(=O)O)=C1. The zero-order chi connectivity index (χ0) is 8.43. The maximum absolute atomic E-state index is 10.5. The molecule has 0 bridgehead atoms. The highest BCUT2D eigenvalue weighted by molar-refractivity contribution is 6.01. The van der Waals surface area contributed by atoms with Crippen molar-refractivity contribution in [1.82, 2.24) is 0 Å². The van der Waals surface area contributed by atoms with Crippen LogP contribution in [0.3, 0.4) is 0 Å². The highest BCUT2D eigenvalue weighted by Gasteiger charge is 2.15. The van der Waals surface area contributed by atoms with Gasteiger partial charge in [-0.1, -0.05) is 0 Å². The summed E-state index contributed by atoms with van der Waals surface area (Å²) in [5.74, 6) is -0.828. The maximum atomic E-state index is 10.5. The summed E-state index contributed by atoms with van der Waals surface area (Å²) in [4.78, 5) is 14.7. The van der Waals surface area contributed by atoms with Crippen molar-refractivity contribution in [3.05, 3.63) is 11.6 Å². The topological polar surface area (TPSA) is 49.7 Å². The Hall–Kier alpha value is -1.12. The largest absolute Gasteiger partial charge is 0.478 e. The second kappa shape index (κ2) is 2.86. The predicted octanol–water partition coefficient (Wildman–Crippen LogP) is 1.25. The number of rotatable bonds is 1. The minimum absolute atomic E-state index is 0.117. The van der Waals surface area contributed by atoms with E-state index in [9.17, 15) is 4.79 Å². The van der Waals surface area contributed by atoms with Gasteiger partial charge in [0.25, 0.3) is 0 Å². The van der Waals surface area contributed by atoms with Gasteiger partial charge < -0.3 is 5.11 Å². The fraction of sp³-hybridized carbons (Fsp3) is 0.500. The fourth-order valence-electron chi connectivity index (χ4n) is 1.21. The summed E-state index contributed by atoms with van der Waals surface area (Å²) in [7, 11) is 0. The first-order chi connectivity index (χ1) is 5.09. The van der Waals surface area contributed by atoms with Gasteiger partial charge in [-0.05, 0) is 19.9 Å². The van der Waals surface area contributed by atoms with E-state index in [1.165, 1.54) is 0 Å². The van der Waals surface area contributed by atoms with Crippen molar-refractivity contribution in [3.63, 3.8) is 0 Å². The molecule has 0 fully saturated rings. The molecular weight excluding hydrogens is 142 g/mol. The zero-order valence-corrected chi connectivity index (χ0v) is 6.66. The van der Waals surface area contributed by atoms with Crippen LogP contribution >= 0.6 is 0 Å². The first-order valence-corrected chi connectivity index (χ1v) is 3.58. The molecule has 1 N–H and O–H groups in total. The molecule has 3 heteroatoms. The lowest BCUT2D eigenvalue weighted by Gasteiger charge is -2.12. The van der Waals surface area contributed by atoms with E-state index in [1.807, 2.05) is 13.8 Å². The number of aliphatic carboxylic acids is 1. The molecule has 0 aromatic heterocycles. The molecular formula is C8H11NO2. The van der Waals surface area contributed by atoms with Crippen molar-refractivity contribution in [2.24, 2.45) is 4.99 Å². The number of hydrogen-bond acceptors (Lipinski definition) is 2. The molecule has 3 nitrogen and oxygen atoms in total. The molecule has 1 unspecified atom stereocenters. The third-order valence-electron chi connectivity index (χ3n) is 1.60. The molecule has 0 aromatic rings. The van der Waals surface area contributed by atoms with Crippen LogP contribution < -0.4 is 0 Å². The number of carbonyl (C=O) groups is 1. The molecule has 1 atom stereocenters. The Labute approximate surface area is 65.4 Å². The second-order valence-corrected chi connectivity index (χ2v) is 2.80. The van der Waals surface area contributed by atoms with Gasteiger partial charge in [0.15, 0.2) is 0 Å². The van der Waals surface area contributed by atoms with Crippen LogP contribution in [0.1, 0.15) is 20.3 Å². The van der Waals surface area contributed by atoms with Crippen molar-refractivity contribution in [3.8, 4) is 0 Å². The number of carboxylic acids is 1. The quantitative estimate of drug-likeness (QED) is 0.616. The van der Waals surface area contributed by atoms with Gasteiger partial charge in [-0.3, -0.25) is 4.99 Å². The summed E-state index contributed by atoms with van der Waals surface area (Å²) >= 11 is 0. The van der Waals surface area contributed by atoms with Crippen LogP contribution in [0.5, 0.6) is 0 Å². The average Bonchev–Trinajstić information content (AvgIpc) is 1.85. The summed E-state index contributed by atoms with van der Waals surface area (Å²) in [6, 6.07) is 0.117. The molecule has 0 saturated heterocycles. The van der Waals surface area contributed by atoms with Gasteiger partial charge in [-0.2, -0.15) is 0 Å². The van der Waals surface area contributed by atoms with Gasteiger partial charge in [-0.15, -0.1) is 0 Å². The van der Waals surface area contributed by atoms with E-state index in [-0.39, 0.29) is 6.04 Å². The van der Waals surface area contributed by atoms with Crippen molar-refractivity contribution in [2.75, 3.05) is 0 Å². The monoisotopic (exact) mass is 153 g/mol. The van der Waals surface area contributed by atoms with Crippen LogP contribution in [0.15, 0.2) is 16.6 Å². The Morgan fingerprint density at radius 1 is 1.82 bits per heavy atom. The summed E-state index contributed by atoms with van der Waals surface area (Å²) in [5.41, 5.74) is 1.27. The van der Waals surface area contributed by atoms with E-state index in [0.717, 1.165) is 5.71 Å². The van der Waals surface area contributed by atoms with E-state index in [4.69, 9.17) is 5.11 Å². The number of dihydropyridines is 1. The van der Waals surface area contributed by atoms with E-state index in [2.05, 4.69) is 4.99 Å². The number of carboxylic acid groups (broad SMARTS) is 1. The van der Waals surface area contributed by atoms with Crippen LogP contribution in [-0.2, 0) is 4.79 Å².